The fourth-order valence-electron chi connectivity index (χ4n) is 1.51. The highest BCUT2D eigenvalue weighted by Gasteiger charge is 2.06. The van der Waals surface area contributed by atoms with Crippen LogP contribution in [-0.2, 0) is 9.53 Å². The van der Waals surface area contributed by atoms with Crippen molar-refractivity contribution in [1.82, 2.24) is 0 Å². The summed E-state index contributed by atoms with van der Waals surface area (Å²) in [5.74, 6) is 0.517. The molecule has 0 unspecified atom stereocenters. The Labute approximate surface area is 116 Å². The first-order valence-electron chi connectivity index (χ1n) is 5.74. The molecule has 0 amide bonds. The average molecular weight is 313 g/mol. The Hall–Kier alpha value is -1.29. The standard InChI is InChI=1S/C14H17BrO3/c1-4-11(14(16)17-3)7-8-18-13-6-5-12(15)9-10(13)2/h5-7,9H,4,8H2,1-3H3. The van der Waals surface area contributed by atoms with Crippen molar-refractivity contribution in [3.63, 3.8) is 0 Å². The van der Waals surface area contributed by atoms with Gasteiger partial charge in [0.05, 0.1) is 7.11 Å². The van der Waals surface area contributed by atoms with Crippen molar-refractivity contribution in [3.05, 3.63) is 39.9 Å². The van der Waals surface area contributed by atoms with Crippen molar-refractivity contribution in [2.45, 2.75) is 20.3 Å². The van der Waals surface area contributed by atoms with Gasteiger partial charge in [-0.25, -0.2) is 4.79 Å². The zero-order valence-corrected chi connectivity index (χ0v) is 12.4. The van der Waals surface area contributed by atoms with Gasteiger partial charge in [-0.2, -0.15) is 0 Å². The topological polar surface area (TPSA) is 35.5 Å². The van der Waals surface area contributed by atoms with Crippen molar-refractivity contribution in [1.29, 1.82) is 0 Å². The third-order valence-corrected chi connectivity index (χ3v) is 3.03. The molecule has 0 aromatic heterocycles. The maximum Gasteiger partial charge on any atom is 0.333 e. The van der Waals surface area contributed by atoms with Gasteiger partial charge in [0.15, 0.2) is 0 Å². The molecule has 0 N–H and O–H groups in total. The zero-order valence-electron chi connectivity index (χ0n) is 10.8. The molecule has 1 rings (SSSR count). The van der Waals surface area contributed by atoms with Crippen molar-refractivity contribution in [2.24, 2.45) is 0 Å². The molecule has 98 valence electrons. The van der Waals surface area contributed by atoms with E-state index in [0.29, 0.717) is 18.6 Å². The predicted octanol–water partition coefficient (Wildman–Crippen LogP) is 3.65. The molecule has 0 aliphatic rings. The maximum absolute atomic E-state index is 11.3. The number of esters is 1. The lowest BCUT2D eigenvalue weighted by atomic mass is 10.2. The number of methoxy groups -OCH3 is 1. The summed E-state index contributed by atoms with van der Waals surface area (Å²) >= 11 is 3.40. The molecule has 0 bridgehead atoms. The lowest BCUT2D eigenvalue weighted by Crippen LogP contribution is -2.06. The first kappa shape index (κ1) is 14.8. The number of carbonyl (C=O) groups is 1. The van der Waals surface area contributed by atoms with Gasteiger partial charge in [0.2, 0.25) is 0 Å². The summed E-state index contributed by atoms with van der Waals surface area (Å²) in [6.07, 6.45) is 2.39. The number of ether oxygens (including phenoxy) is 2. The fourth-order valence-corrected chi connectivity index (χ4v) is 1.99. The highest BCUT2D eigenvalue weighted by atomic mass is 79.9. The molecule has 1 aromatic carbocycles. The lowest BCUT2D eigenvalue weighted by Gasteiger charge is -2.08. The van der Waals surface area contributed by atoms with Crippen molar-refractivity contribution in [3.8, 4) is 5.75 Å². The Morgan fingerprint density at radius 1 is 1.44 bits per heavy atom. The molecule has 0 aliphatic carbocycles. The molecule has 0 heterocycles. The van der Waals surface area contributed by atoms with Gasteiger partial charge >= 0.3 is 5.97 Å². The van der Waals surface area contributed by atoms with E-state index in [2.05, 4.69) is 20.7 Å². The van der Waals surface area contributed by atoms with E-state index >= 15 is 0 Å². The summed E-state index contributed by atoms with van der Waals surface area (Å²) in [5.41, 5.74) is 1.68. The van der Waals surface area contributed by atoms with Crippen LogP contribution in [0.4, 0.5) is 0 Å². The third kappa shape index (κ3) is 4.18. The quantitative estimate of drug-likeness (QED) is 0.615. The Kier molecular flexibility index (Phi) is 5.92. The first-order valence-corrected chi connectivity index (χ1v) is 6.54. The van der Waals surface area contributed by atoms with Crippen LogP contribution in [0.15, 0.2) is 34.3 Å². The van der Waals surface area contributed by atoms with Crippen LogP contribution >= 0.6 is 15.9 Å². The maximum atomic E-state index is 11.3. The number of rotatable bonds is 5. The van der Waals surface area contributed by atoms with E-state index in [1.807, 2.05) is 32.0 Å². The lowest BCUT2D eigenvalue weighted by molar-refractivity contribution is -0.136. The molecule has 0 atom stereocenters. The van der Waals surface area contributed by atoms with Crippen molar-refractivity contribution in [2.75, 3.05) is 13.7 Å². The second-order valence-corrected chi connectivity index (χ2v) is 4.71. The van der Waals surface area contributed by atoms with Crippen LogP contribution in [0, 0.1) is 6.92 Å². The summed E-state index contributed by atoms with van der Waals surface area (Å²) < 4.78 is 11.3. The summed E-state index contributed by atoms with van der Waals surface area (Å²) in [6, 6.07) is 5.81. The number of aryl methyl sites for hydroxylation is 1. The van der Waals surface area contributed by atoms with Gasteiger partial charge in [-0.05, 0) is 43.2 Å². The van der Waals surface area contributed by atoms with E-state index < -0.39 is 0 Å². The minimum Gasteiger partial charge on any atom is -0.489 e. The zero-order chi connectivity index (χ0) is 13.5. The Balaban J connectivity index is 2.65. The van der Waals surface area contributed by atoms with Gasteiger partial charge in [0, 0.05) is 10.0 Å². The molecule has 0 saturated carbocycles. The third-order valence-electron chi connectivity index (χ3n) is 2.53. The van der Waals surface area contributed by atoms with Crippen LogP contribution in [0.1, 0.15) is 18.9 Å². The molecule has 0 fully saturated rings. The predicted molar refractivity (Wildman–Crippen MR) is 74.8 cm³/mol. The Morgan fingerprint density at radius 2 is 2.17 bits per heavy atom. The molecule has 1 aromatic rings. The van der Waals surface area contributed by atoms with Gasteiger partial charge in [0.25, 0.3) is 0 Å². The van der Waals surface area contributed by atoms with Gasteiger partial charge in [-0.15, -0.1) is 0 Å². The largest absolute Gasteiger partial charge is 0.489 e. The summed E-state index contributed by atoms with van der Waals surface area (Å²) in [6.45, 7) is 4.25. The van der Waals surface area contributed by atoms with Gasteiger partial charge in [-0.3, -0.25) is 0 Å². The van der Waals surface area contributed by atoms with Gasteiger partial charge in [0.1, 0.15) is 12.4 Å². The molecule has 0 saturated heterocycles. The fraction of sp³-hybridized carbons (Fsp3) is 0.357. The number of benzene rings is 1. The average Bonchev–Trinajstić information content (AvgIpc) is 2.36. The summed E-state index contributed by atoms with van der Waals surface area (Å²) in [7, 11) is 1.38. The highest BCUT2D eigenvalue weighted by Crippen LogP contribution is 2.22. The van der Waals surface area contributed by atoms with Crippen molar-refractivity contribution >= 4 is 21.9 Å². The molecular weight excluding hydrogens is 296 g/mol. The van der Waals surface area contributed by atoms with Crippen LogP contribution in [0.3, 0.4) is 0 Å². The van der Waals surface area contributed by atoms with E-state index in [4.69, 9.17) is 4.74 Å². The second-order valence-electron chi connectivity index (χ2n) is 3.80. The Bertz CT molecular complexity index is 452. The van der Waals surface area contributed by atoms with E-state index in [1.165, 1.54) is 7.11 Å². The van der Waals surface area contributed by atoms with E-state index in [1.54, 1.807) is 6.08 Å². The van der Waals surface area contributed by atoms with Gasteiger partial charge < -0.3 is 9.47 Å². The molecular formula is C14H17BrO3. The van der Waals surface area contributed by atoms with E-state index in [9.17, 15) is 4.79 Å². The Morgan fingerprint density at radius 3 is 2.72 bits per heavy atom. The number of carbonyl (C=O) groups excluding carboxylic acids is 1. The summed E-state index contributed by atoms with van der Waals surface area (Å²) in [4.78, 5) is 11.3. The molecule has 3 nitrogen and oxygen atoms in total. The summed E-state index contributed by atoms with van der Waals surface area (Å²) in [5, 5.41) is 0. The molecule has 0 aliphatic heterocycles. The molecule has 4 heteroatoms. The second kappa shape index (κ2) is 7.21. The number of hydrogen-bond acceptors (Lipinski definition) is 3. The molecule has 18 heavy (non-hydrogen) atoms. The van der Waals surface area contributed by atoms with Crippen LogP contribution in [-0.4, -0.2) is 19.7 Å². The minimum absolute atomic E-state index is 0.298. The SMILES string of the molecule is CCC(=CCOc1ccc(Br)cc1C)C(=O)OC. The van der Waals surface area contributed by atoms with E-state index in [-0.39, 0.29) is 5.97 Å². The minimum atomic E-state index is -0.298. The van der Waals surface area contributed by atoms with Crippen LogP contribution < -0.4 is 4.74 Å². The van der Waals surface area contributed by atoms with Crippen LogP contribution in [0.25, 0.3) is 0 Å². The van der Waals surface area contributed by atoms with E-state index in [0.717, 1.165) is 15.8 Å². The number of hydrogen-bond donors (Lipinski definition) is 0. The normalized spacial score (nSPS) is 11.2. The molecule has 0 radical (unpaired) electrons. The number of halogens is 1. The smallest absolute Gasteiger partial charge is 0.333 e. The van der Waals surface area contributed by atoms with Crippen LogP contribution in [0.5, 0.6) is 5.75 Å². The molecule has 0 spiro atoms. The highest BCUT2D eigenvalue weighted by molar-refractivity contribution is 9.10. The van der Waals surface area contributed by atoms with Crippen molar-refractivity contribution < 1.29 is 14.3 Å². The monoisotopic (exact) mass is 312 g/mol. The van der Waals surface area contributed by atoms with Gasteiger partial charge in [-0.1, -0.05) is 22.9 Å². The first-order chi connectivity index (χ1) is 8.58. The van der Waals surface area contributed by atoms with Crippen LogP contribution in [0.2, 0.25) is 0 Å².